The van der Waals surface area contributed by atoms with Crippen molar-refractivity contribution < 1.29 is 9.53 Å². The first-order chi connectivity index (χ1) is 11.0. The summed E-state index contributed by atoms with van der Waals surface area (Å²) in [5, 5.41) is 0. The van der Waals surface area contributed by atoms with E-state index in [4.69, 9.17) is 4.74 Å². The molecule has 1 amide bonds. The van der Waals surface area contributed by atoms with Gasteiger partial charge in [0.15, 0.2) is 0 Å². The van der Waals surface area contributed by atoms with Crippen LogP contribution in [0.5, 0.6) is 5.75 Å². The van der Waals surface area contributed by atoms with Crippen LogP contribution in [0.2, 0.25) is 0 Å². The van der Waals surface area contributed by atoms with E-state index in [1.54, 1.807) is 24.3 Å². The van der Waals surface area contributed by atoms with Gasteiger partial charge in [-0.3, -0.25) is 9.78 Å². The third-order valence-electron chi connectivity index (χ3n) is 3.57. The molecule has 0 atom stereocenters. The van der Waals surface area contributed by atoms with Crippen LogP contribution in [0.3, 0.4) is 0 Å². The summed E-state index contributed by atoms with van der Waals surface area (Å²) in [4.78, 5) is 18.3. The Labute approximate surface area is 138 Å². The van der Waals surface area contributed by atoms with Crippen LogP contribution in [0.25, 0.3) is 0 Å². The molecule has 4 nitrogen and oxygen atoms in total. The fourth-order valence-electron chi connectivity index (χ4n) is 2.25. The van der Waals surface area contributed by atoms with Crippen LogP contribution < -0.4 is 4.74 Å². The SMILES string of the molecule is Cc1ccncc1C(=O)N(C)Cc1ccccc1OCC(C)C. The van der Waals surface area contributed by atoms with Crippen molar-refractivity contribution in [3.05, 3.63) is 59.4 Å². The summed E-state index contributed by atoms with van der Waals surface area (Å²) >= 11 is 0. The Balaban J connectivity index is 2.12. The minimum absolute atomic E-state index is 0.0331. The highest BCUT2D eigenvalue weighted by molar-refractivity contribution is 5.95. The quantitative estimate of drug-likeness (QED) is 0.817. The lowest BCUT2D eigenvalue weighted by molar-refractivity contribution is 0.0782. The molecule has 0 N–H and O–H groups in total. The number of aromatic nitrogens is 1. The van der Waals surface area contributed by atoms with E-state index in [1.165, 1.54) is 0 Å². The van der Waals surface area contributed by atoms with Crippen LogP contribution in [0.4, 0.5) is 0 Å². The molecule has 2 rings (SSSR count). The highest BCUT2D eigenvalue weighted by Crippen LogP contribution is 2.21. The van der Waals surface area contributed by atoms with Gasteiger partial charge in [0.1, 0.15) is 5.75 Å². The van der Waals surface area contributed by atoms with Crippen LogP contribution in [-0.2, 0) is 6.54 Å². The number of amides is 1. The Morgan fingerprint density at radius 2 is 2.00 bits per heavy atom. The maximum absolute atomic E-state index is 12.6. The van der Waals surface area contributed by atoms with E-state index in [2.05, 4.69) is 18.8 Å². The highest BCUT2D eigenvalue weighted by Gasteiger charge is 2.16. The number of nitrogens with zero attached hydrogens (tertiary/aromatic N) is 2. The molecule has 0 fully saturated rings. The molecule has 1 aromatic heterocycles. The molecule has 1 heterocycles. The number of ether oxygens (including phenoxy) is 1. The topological polar surface area (TPSA) is 42.4 Å². The number of hydrogen-bond acceptors (Lipinski definition) is 3. The molecule has 0 aliphatic carbocycles. The molecular formula is C19H24N2O2. The van der Waals surface area contributed by atoms with Crippen molar-refractivity contribution in [1.82, 2.24) is 9.88 Å². The van der Waals surface area contributed by atoms with Crippen molar-refractivity contribution in [1.29, 1.82) is 0 Å². The fraction of sp³-hybridized carbons (Fsp3) is 0.368. The zero-order valence-electron chi connectivity index (χ0n) is 14.2. The number of para-hydroxylation sites is 1. The summed E-state index contributed by atoms with van der Waals surface area (Å²) < 4.78 is 5.86. The molecule has 0 radical (unpaired) electrons. The summed E-state index contributed by atoms with van der Waals surface area (Å²) in [5.74, 6) is 1.26. The number of carbonyl (C=O) groups is 1. The van der Waals surface area contributed by atoms with Crippen molar-refractivity contribution in [3.63, 3.8) is 0 Å². The van der Waals surface area contributed by atoms with E-state index in [1.807, 2.05) is 37.3 Å². The first kappa shape index (κ1) is 17.0. The standard InChI is InChI=1S/C19H24N2O2/c1-14(2)13-23-18-8-6-5-7-16(18)12-21(4)19(22)17-11-20-10-9-15(17)3/h5-11,14H,12-13H2,1-4H3. The van der Waals surface area contributed by atoms with Gasteiger partial charge >= 0.3 is 0 Å². The summed E-state index contributed by atoms with van der Waals surface area (Å²) in [6.45, 7) is 7.31. The zero-order valence-corrected chi connectivity index (χ0v) is 14.2. The van der Waals surface area contributed by atoms with Crippen LogP contribution in [-0.4, -0.2) is 29.4 Å². The summed E-state index contributed by atoms with van der Waals surface area (Å²) in [6.07, 6.45) is 3.32. The molecule has 0 saturated carbocycles. The number of rotatable bonds is 6. The van der Waals surface area contributed by atoms with Crippen LogP contribution in [0, 0.1) is 12.8 Å². The number of pyridine rings is 1. The predicted octanol–water partition coefficient (Wildman–Crippen LogP) is 3.70. The Bertz CT molecular complexity index is 668. The van der Waals surface area contributed by atoms with E-state index >= 15 is 0 Å². The van der Waals surface area contributed by atoms with E-state index < -0.39 is 0 Å². The van der Waals surface area contributed by atoms with Crippen molar-refractivity contribution >= 4 is 5.91 Å². The molecule has 122 valence electrons. The highest BCUT2D eigenvalue weighted by atomic mass is 16.5. The van der Waals surface area contributed by atoms with Gasteiger partial charge in [0.2, 0.25) is 0 Å². The van der Waals surface area contributed by atoms with E-state index in [9.17, 15) is 4.79 Å². The normalized spacial score (nSPS) is 10.7. The third-order valence-corrected chi connectivity index (χ3v) is 3.57. The smallest absolute Gasteiger partial charge is 0.255 e. The van der Waals surface area contributed by atoms with Crippen molar-refractivity contribution in [3.8, 4) is 5.75 Å². The lowest BCUT2D eigenvalue weighted by atomic mass is 10.1. The van der Waals surface area contributed by atoms with Gasteiger partial charge in [-0.2, -0.15) is 0 Å². The first-order valence-electron chi connectivity index (χ1n) is 7.85. The molecule has 23 heavy (non-hydrogen) atoms. The van der Waals surface area contributed by atoms with E-state index in [0.717, 1.165) is 16.9 Å². The predicted molar refractivity (Wildman–Crippen MR) is 91.5 cm³/mol. The third kappa shape index (κ3) is 4.55. The minimum Gasteiger partial charge on any atom is -0.493 e. The molecule has 2 aromatic rings. The minimum atomic E-state index is -0.0331. The van der Waals surface area contributed by atoms with Gasteiger partial charge in [-0.1, -0.05) is 32.0 Å². The van der Waals surface area contributed by atoms with Crippen LogP contribution >= 0.6 is 0 Å². The van der Waals surface area contributed by atoms with Crippen molar-refractivity contribution in [2.45, 2.75) is 27.3 Å². The second kappa shape index (κ2) is 7.77. The van der Waals surface area contributed by atoms with E-state index in [0.29, 0.717) is 24.6 Å². The van der Waals surface area contributed by atoms with Crippen LogP contribution in [0.1, 0.15) is 35.3 Å². The first-order valence-corrected chi connectivity index (χ1v) is 7.85. The number of benzene rings is 1. The van der Waals surface area contributed by atoms with Gasteiger partial charge in [-0.15, -0.1) is 0 Å². The Morgan fingerprint density at radius 3 is 2.70 bits per heavy atom. The molecule has 0 saturated heterocycles. The second-order valence-electron chi connectivity index (χ2n) is 6.16. The van der Waals surface area contributed by atoms with Gasteiger partial charge < -0.3 is 9.64 Å². The number of hydrogen-bond donors (Lipinski definition) is 0. The van der Waals surface area contributed by atoms with E-state index in [-0.39, 0.29) is 5.91 Å². The molecule has 0 bridgehead atoms. The average molecular weight is 312 g/mol. The summed E-state index contributed by atoms with van der Waals surface area (Å²) in [5.41, 5.74) is 2.57. The summed E-state index contributed by atoms with van der Waals surface area (Å²) in [7, 11) is 1.80. The van der Waals surface area contributed by atoms with Gasteiger partial charge in [-0.05, 0) is 30.5 Å². The molecule has 1 aromatic carbocycles. The largest absolute Gasteiger partial charge is 0.493 e. The maximum atomic E-state index is 12.6. The maximum Gasteiger partial charge on any atom is 0.255 e. The van der Waals surface area contributed by atoms with Crippen molar-refractivity contribution in [2.75, 3.05) is 13.7 Å². The molecule has 0 aliphatic rings. The Hall–Kier alpha value is -2.36. The Morgan fingerprint density at radius 1 is 1.26 bits per heavy atom. The molecule has 0 aliphatic heterocycles. The van der Waals surface area contributed by atoms with Gasteiger partial charge in [0.25, 0.3) is 5.91 Å². The Kier molecular flexibility index (Phi) is 5.74. The second-order valence-corrected chi connectivity index (χ2v) is 6.16. The number of carbonyl (C=O) groups excluding carboxylic acids is 1. The lowest BCUT2D eigenvalue weighted by Gasteiger charge is -2.20. The van der Waals surface area contributed by atoms with Gasteiger partial charge in [0, 0.05) is 31.5 Å². The zero-order chi connectivity index (χ0) is 16.8. The van der Waals surface area contributed by atoms with Crippen LogP contribution in [0.15, 0.2) is 42.7 Å². The fourth-order valence-corrected chi connectivity index (χ4v) is 2.25. The number of aryl methyl sites for hydroxylation is 1. The summed E-state index contributed by atoms with van der Waals surface area (Å²) in [6, 6.07) is 9.71. The van der Waals surface area contributed by atoms with Gasteiger partial charge in [0.05, 0.1) is 12.2 Å². The average Bonchev–Trinajstić information content (AvgIpc) is 2.53. The molecule has 0 unspecified atom stereocenters. The molecule has 4 heteroatoms. The van der Waals surface area contributed by atoms with Gasteiger partial charge in [-0.25, -0.2) is 0 Å². The molecule has 0 spiro atoms. The van der Waals surface area contributed by atoms with Crippen molar-refractivity contribution in [2.24, 2.45) is 5.92 Å². The lowest BCUT2D eigenvalue weighted by Crippen LogP contribution is -2.27. The molecular weight excluding hydrogens is 288 g/mol. The monoisotopic (exact) mass is 312 g/mol.